The molecule has 1 N–H and O–H groups in total. The van der Waals surface area contributed by atoms with Crippen LogP contribution in [0.4, 0.5) is 0 Å². The number of aliphatic carboxylic acids is 1. The third kappa shape index (κ3) is 3.52. The molecule has 144 valence electrons. The van der Waals surface area contributed by atoms with Crippen LogP contribution < -0.4 is 0 Å². The van der Waals surface area contributed by atoms with E-state index in [1.807, 2.05) is 24.4 Å². The minimum atomic E-state index is -0.733. The zero-order valence-corrected chi connectivity index (χ0v) is 16.4. The number of likely N-dealkylation sites (tertiary alicyclic amines) is 1. The van der Waals surface area contributed by atoms with E-state index in [1.165, 1.54) is 11.1 Å². The minimum absolute atomic E-state index is 0.112. The summed E-state index contributed by atoms with van der Waals surface area (Å²) in [7, 11) is 0. The molecule has 2 atom stereocenters. The van der Waals surface area contributed by atoms with Crippen LogP contribution in [-0.2, 0) is 4.79 Å². The highest BCUT2D eigenvalue weighted by atomic mass is 16.4. The first-order valence-electron chi connectivity index (χ1n) is 9.95. The Morgan fingerprint density at radius 1 is 1.14 bits per heavy atom. The lowest BCUT2D eigenvalue weighted by atomic mass is 9.89. The van der Waals surface area contributed by atoms with Crippen molar-refractivity contribution < 1.29 is 9.90 Å². The van der Waals surface area contributed by atoms with Gasteiger partial charge in [-0.1, -0.05) is 48.4 Å². The van der Waals surface area contributed by atoms with Crippen LogP contribution in [0.15, 0.2) is 54.7 Å². The van der Waals surface area contributed by atoms with E-state index >= 15 is 0 Å². The second kappa shape index (κ2) is 7.72. The van der Waals surface area contributed by atoms with Gasteiger partial charge in [0, 0.05) is 11.6 Å². The van der Waals surface area contributed by atoms with Crippen molar-refractivity contribution in [1.82, 2.24) is 9.88 Å². The van der Waals surface area contributed by atoms with E-state index in [-0.39, 0.29) is 6.04 Å². The smallest absolute Gasteiger partial charge is 0.320 e. The molecule has 2 unspecified atom stereocenters. The molecule has 0 saturated carbocycles. The van der Waals surface area contributed by atoms with E-state index in [0.29, 0.717) is 6.42 Å². The first-order valence-corrected chi connectivity index (χ1v) is 9.95. The molecule has 0 aliphatic carbocycles. The standard InChI is InChI=1S/C24H26N2O2/c1-16-10-11-20(17(2)13-16)23(26-12-6-5-9-22(26)24(27)28)19-14-18-7-3-4-8-21(18)25-15-19/h3-4,7-8,10-11,13-15,22-23H,5-6,9,12H2,1-2H3,(H,27,28). The van der Waals surface area contributed by atoms with Crippen LogP contribution >= 0.6 is 0 Å². The second-order valence-electron chi connectivity index (χ2n) is 7.81. The van der Waals surface area contributed by atoms with Crippen molar-refractivity contribution in [1.29, 1.82) is 0 Å². The molecule has 4 nitrogen and oxygen atoms in total. The molecule has 4 heteroatoms. The average Bonchev–Trinajstić information content (AvgIpc) is 2.70. The number of piperidine rings is 1. The molecule has 1 fully saturated rings. The Morgan fingerprint density at radius 3 is 2.75 bits per heavy atom. The van der Waals surface area contributed by atoms with E-state index in [1.54, 1.807) is 0 Å². The molecule has 1 aliphatic heterocycles. The predicted octanol–water partition coefficient (Wildman–Crippen LogP) is 4.88. The van der Waals surface area contributed by atoms with Crippen molar-refractivity contribution in [3.8, 4) is 0 Å². The number of carbonyl (C=O) groups is 1. The monoisotopic (exact) mass is 374 g/mol. The summed E-state index contributed by atoms with van der Waals surface area (Å²) in [5, 5.41) is 11.0. The van der Waals surface area contributed by atoms with Gasteiger partial charge in [0.05, 0.1) is 11.6 Å². The number of carboxylic acid groups (broad SMARTS) is 1. The lowest BCUT2D eigenvalue weighted by molar-refractivity contribution is -0.145. The summed E-state index contributed by atoms with van der Waals surface area (Å²) in [6, 6.07) is 16.1. The first kappa shape index (κ1) is 18.6. The summed E-state index contributed by atoms with van der Waals surface area (Å²) in [5.74, 6) is -0.733. The summed E-state index contributed by atoms with van der Waals surface area (Å²) < 4.78 is 0. The van der Waals surface area contributed by atoms with Crippen molar-refractivity contribution in [2.75, 3.05) is 6.54 Å². The molecule has 4 rings (SSSR count). The topological polar surface area (TPSA) is 53.4 Å². The van der Waals surface area contributed by atoms with Crippen LogP contribution in [0.3, 0.4) is 0 Å². The summed E-state index contributed by atoms with van der Waals surface area (Å²) >= 11 is 0. The molecule has 0 radical (unpaired) electrons. The van der Waals surface area contributed by atoms with E-state index < -0.39 is 12.0 Å². The molecular weight excluding hydrogens is 348 g/mol. The number of hydrogen-bond acceptors (Lipinski definition) is 3. The van der Waals surface area contributed by atoms with Gasteiger partial charge < -0.3 is 5.11 Å². The van der Waals surface area contributed by atoms with Crippen molar-refractivity contribution in [3.05, 3.63) is 77.0 Å². The molecule has 28 heavy (non-hydrogen) atoms. The normalized spacial score (nSPS) is 18.9. The molecule has 2 aromatic carbocycles. The molecule has 1 aliphatic rings. The Kier molecular flexibility index (Phi) is 5.14. The average molecular weight is 374 g/mol. The molecular formula is C24H26N2O2. The van der Waals surface area contributed by atoms with Gasteiger partial charge in [0.2, 0.25) is 0 Å². The van der Waals surface area contributed by atoms with Gasteiger partial charge in [-0.15, -0.1) is 0 Å². The number of hydrogen-bond donors (Lipinski definition) is 1. The van der Waals surface area contributed by atoms with Gasteiger partial charge in [0.15, 0.2) is 0 Å². The maximum atomic E-state index is 12.0. The highest BCUT2D eigenvalue weighted by Gasteiger charge is 2.35. The predicted molar refractivity (Wildman–Crippen MR) is 111 cm³/mol. The van der Waals surface area contributed by atoms with Crippen LogP contribution in [0.5, 0.6) is 0 Å². The molecule has 0 amide bonds. The highest BCUT2D eigenvalue weighted by Crippen LogP contribution is 2.36. The maximum Gasteiger partial charge on any atom is 0.320 e. The zero-order chi connectivity index (χ0) is 19.7. The lowest BCUT2D eigenvalue weighted by Gasteiger charge is -2.40. The fraction of sp³-hybridized carbons (Fsp3) is 0.333. The van der Waals surface area contributed by atoms with Crippen molar-refractivity contribution in [2.24, 2.45) is 0 Å². The zero-order valence-electron chi connectivity index (χ0n) is 16.4. The molecule has 1 saturated heterocycles. The Labute approximate surface area is 165 Å². The number of fused-ring (bicyclic) bond motifs is 1. The largest absolute Gasteiger partial charge is 0.480 e. The highest BCUT2D eigenvalue weighted by molar-refractivity contribution is 5.79. The Hall–Kier alpha value is -2.72. The van der Waals surface area contributed by atoms with E-state index in [2.05, 4.69) is 54.1 Å². The molecule has 0 spiro atoms. The number of aryl methyl sites for hydroxylation is 2. The van der Waals surface area contributed by atoms with Gasteiger partial charge >= 0.3 is 5.97 Å². The third-order valence-corrected chi connectivity index (χ3v) is 5.81. The van der Waals surface area contributed by atoms with Crippen molar-refractivity contribution in [2.45, 2.75) is 45.2 Å². The fourth-order valence-electron chi connectivity index (χ4n) is 4.45. The first-order chi connectivity index (χ1) is 13.5. The van der Waals surface area contributed by atoms with Gasteiger partial charge in [-0.2, -0.15) is 0 Å². The summed E-state index contributed by atoms with van der Waals surface area (Å²) in [6.45, 7) is 4.98. The third-order valence-electron chi connectivity index (χ3n) is 5.81. The molecule has 0 bridgehead atoms. The molecule has 3 aromatic rings. The van der Waals surface area contributed by atoms with Gasteiger partial charge in [-0.05, 0) is 62.1 Å². The van der Waals surface area contributed by atoms with Crippen LogP contribution in [0, 0.1) is 13.8 Å². The van der Waals surface area contributed by atoms with E-state index in [9.17, 15) is 9.90 Å². The SMILES string of the molecule is Cc1ccc(C(c2cnc3ccccc3c2)N2CCCCC2C(=O)O)c(C)c1. The Bertz CT molecular complexity index is 1010. The minimum Gasteiger partial charge on any atom is -0.480 e. The van der Waals surface area contributed by atoms with Gasteiger partial charge in [-0.3, -0.25) is 14.7 Å². The van der Waals surface area contributed by atoms with Crippen molar-refractivity contribution in [3.63, 3.8) is 0 Å². The summed E-state index contributed by atoms with van der Waals surface area (Å²) in [5.41, 5.74) is 5.58. The maximum absolute atomic E-state index is 12.0. The quantitative estimate of drug-likeness (QED) is 0.707. The van der Waals surface area contributed by atoms with Gasteiger partial charge in [-0.25, -0.2) is 0 Å². The molecule has 1 aromatic heterocycles. The fourth-order valence-corrected chi connectivity index (χ4v) is 4.45. The van der Waals surface area contributed by atoms with E-state index in [4.69, 9.17) is 0 Å². The van der Waals surface area contributed by atoms with Gasteiger partial charge in [0.25, 0.3) is 0 Å². The Balaban J connectivity index is 1.88. The molecule has 2 heterocycles. The number of aromatic nitrogens is 1. The summed E-state index contributed by atoms with van der Waals surface area (Å²) in [4.78, 5) is 18.9. The number of benzene rings is 2. The number of carboxylic acids is 1. The van der Waals surface area contributed by atoms with Crippen LogP contribution in [0.1, 0.15) is 47.6 Å². The number of rotatable bonds is 4. The Morgan fingerprint density at radius 2 is 1.96 bits per heavy atom. The van der Waals surface area contributed by atoms with Crippen LogP contribution in [0.2, 0.25) is 0 Å². The van der Waals surface area contributed by atoms with Crippen LogP contribution in [0.25, 0.3) is 10.9 Å². The van der Waals surface area contributed by atoms with Gasteiger partial charge in [0.1, 0.15) is 6.04 Å². The van der Waals surface area contributed by atoms with Crippen molar-refractivity contribution >= 4 is 16.9 Å². The number of nitrogens with zero attached hydrogens (tertiary/aromatic N) is 2. The second-order valence-corrected chi connectivity index (χ2v) is 7.81. The lowest BCUT2D eigenvalue weighted by Crippen LogP contribution is -2.47. The van der Waals surface area contributed by atoms with Crippen LogP contribution in [-0.4, -0.2) is 33.5 Å². The number of pyridine rings is 1. The summed E-state index contributed by atoms with van der Waals surface area (Å²) in [6.07, 6.45) is 4.59. The van der Waals surface area contributed by atoms with E-state index in [0.717, 1.165) is 41.4 Å². The number of para-hydroxylation sites is 1.